The fourth-order valence-corrected chi connectivity index (χ4v) is 1.39. The van der Waals surface area contributed by atoms with E-state index in [2.05, 4.69) is 15.3 Å². The van der Waals surface area contributed by atoms with Crippen molar-refractivity contribution >= 4 is 5.97 Å². The zero-order chi connectivity index (χ0) is 12.4. The number of rotatable bonds is 8. The van der Waals surface area contributed by atoms with E-state index in [-0.39, 0.29) is 19.1 Å². The second-order valence-corrected chi connectivity index (χ2v) is 3.24. The summed E-state index contributed by atoms with van der Waals surface area (Å²) in [6.45, 7) is 2.75. The van der Waals surface area contributed by atoms with Gasteiger partial charge in [-0.25, -0.2) is 4.79 Å². The molecule has 0 aromatic heterocycles. The third-order valence-corrected chi connectivity index (χ3v) is 2.31. The Morgan fingerprint density at radius 3 is 2.69 bits per heavy atom. The molecule has 92 valence electrons. The third-order valence-electron chi connectivity index (χ3n) is 2.31. The predicted molar refractivity (Wildman–Crippen MR) is 58.9 cm³/mol. The van der Waals surface area contributed by atoms with Gasteiger partial charge in [0.2, 0.25) is 0 Å². The van der Waals surface area contributed by atoms with E-state index in [0.717, 1.165) is 0 Å². The van der Waals surface area contributed by atoms with Crippen LogP contribution in [-0.2, 0) is 14.3 Å². The lowest BCUT2D eigenvalue weighted by Crippen LogP contribution is -2.56. The second kappa shape index (κ2) is 7.92. The molecule has 0 amide bonds. The highest BCUT2D eigenvalue weighted by Gasteiger charge is 2.37. The highest BCUT2D eigenvalue weighted by Crippen LogP contribution is 2.12. The molecular formula is C9H18N4O3. The number of carbonyl (C=O) groups excluding carboxylic acids is 1. The Labute approximate surface area is 94.7 Å². The van der Waals surface area contributed by atoms with Gasteiger partial charge in [-0.1, -0.05) is 12.0 Å². The molecule has 1 unspecified atom stereocenters. The van der Waals surface area contributed by atoms with Crippen LogP contribution < -0.4 is 5.32 Å². The average Bonchev–Trinajstić information content (AvgIpc) is 2.32. The molecule has 0 aromatic rings. The molecule has 0 aromatic carbocycles. The van der Waals surface area contributed by atoms with Gasteiger partial charge in [0.25, 0.3) is 0 Å². The van der Waals surface area contributed by atoms with Crippen molar-refractivity contribution in [2.45, 2.75) is 18.9 Å². The van der Waals surface area contributed by atoms with Crippen molar-refractivity contribution in [2.75, 3.05) is 33.9 Å². The van der Waals surface area contributed by atoms with Crippen molar-refractivity contribution in [1.82, 2.24) is 5.32 Å². The lowest BCUT2D eigenvalue weighted by Gasteiger charge is -2.30. The van der Waals surface area contributed by atoms with Gasteiger partial charge >= 0.3 is 5.97 Å². The third kappa shape index (κ3) is 4.06. The van der Waals surface area contributed by atoms with Gasteiger partial charge < -0.3 is 9.47 Å². The molecule has 0 aliphatic carbocycles. The van der Waals surface area contributed by atoms with Crippen LogP contribution in [0.5, 0.6) is 0 Å². The zero-order valence-corrected chi connectivity index (χ0v) is 9.89. The number of azide groups is 1. The van der Waals surface area contributed by atoms with Crippen LogP contribution in [0.3, 0.4) is 0 Å². The summed E-state index contributed by atoms with van der Waals surface area (Å²) in [4.78, 5) is 14.3. The number of nitrogens with zero attached hydrogens (tertiary/aromatic N) is 3. The first-order valence-electron chi connectivity index (χ1n) is 5.00. The standard InChI is InChI=1S/C9H18N4O3/c1-4-9(7-15-2,8(14)16-3)11-5-6-12-13-10/h11H,4-7H2,1-3H3. The Balaban J connectivity index is 4.49. The monoisotopic (exact) mass is 230 g/mol. The number of carbonyl (C=O) groups is 1. The number of methoxy groups -OCH3 is 2. The first-order chi connectivity index (χ1) is 7.66. The fourth-order valence-electron chi connectivity index (χ4n) is 1.39. The highest BCUT2D eigenvalue weighted by molar-refractivity contribution is 5.80. The van der Waals surface area contributed by atoms with Crippen LogP contribution in [0.2, 0.25) is 0 Å². The van der Waals surface area contributed by atoms with E-state index in [1.54, 1.807) is 0 Å². The van der Waals surface area contributed by atoms with Gasteiger partial charge in [-0.3, -0.25) is 5.32 Å². The quantitative estimate of drug-likeness (QED) is 0.220. The summed E-state index contributed by atoms with van der Waals surface area (Å²) in [6, 6.07) is 0. The van der Waals surface area contributed by atoms with Crippen molar-refractivity contribution in [1.29, 1.82) is 0 Å². The maximum atomic E-state index is 11.7. The molecule has 0 saturated carbocycles. The molecule has 0 rings (SSSR count). The topological polar surface area (TPSA) is 96.3 Å². The van der Waals surface area contributed by atoms with Crippen molar-refractivity contribution in [2.24, 2.45) is 5.11 Å². The summed E-state index contributed by atoms with van der Waals surface area (Å²) >= 11 is 0. The zero-order valence-electron chi connectivity index (χ0n) is 9.89. The van der Waals surface area contributed by atoms with E-state index >= 15 is 0 Å². The first-order valence-corrected chi connectivity index (χ1v) is 5.00. The van der Waals surface area contributed by atoms with Gasteiger partial charge in [0.05, 0.1) is 13.7 Å². The summed E-state index contributed by atoms with van der Waals surface area (Å²) in [5, 5.41) is 6.38. The second-order valence-electron chi connectivity index (χ2n) is 3.24. The van der Waals surface area contributed by atoms with Crippen molar-refractivity contribution in [3.63, 3.8) is 0 Å². The lowest BCUT2D eigenvalue weighted by atomic mass is 9.97. The molecule has 1 N–H and O–H groups in total. The van der Waals surface area contributed by atoms with Crippen LogP contribution in [0.15, 0.2) is 5.11 Å². The van der Waals surface area contributed by atoms with Crippen LogP contribution >= 0.6 is 0 Å². The molecule has 1 atom stereocenters. The Hall–Kier alpha value is -1.30. The van der Waals surface area contributed by atoms with Crippen molar-refractivity contribution < 1.29 is 14.3 Å². The Morgan fingerprint density at radius 2 is 2.25 bits per heavy atom. The van der Waals surface area contributed by atoms with Gasteiger partial charge in [0.1, 0.15) is 5.54 Å². The number of ether oxygens (including phenoxy) is 2. The molecule has 0 saturated heterocycles. The minimum absolute atomic E-state index is 0.215. The fraction of sp³-hybridized carbons (Fsp3) is 0.889. The SMILES string of the molecule is CCC(COC)(NCCN=[N+]=[N-])C(=O)OC. The predicted octanol–water partition coefficient (Wildman–Crippen LogP) is 0.854. The number of nitrogens with one attached hydrogen (secondary N) is 1. The highest BCUT2D eigenvalue weighted by atomic mass is 16.5. The van der Waals surface area contributed by atoms with Gasteiger partial charge in [0.15, 0.2) is 0 Å². The summed E-state index contributed by atoms with van der Waals surface area (Å²) in [6.07, 6.45) is 0.532. The molecular weight excluding hydrogens is 212 g/mol. The molecule has 0 spiro atoms. The van der Waals surface area contributed by atoms with E-state index in [0.29, 0.717) is 13.0 Å². The largest absolute Gasteiger partial charge is 0.468 e. The molecule has 0 aliphatic heterocycles. The van der Waals surface area contributed by atoms with E-state index in [1.165, 1.54) is 14.2 Å². The minimum atomic E-state index is -0.867. The molecule has 0 heterocycles. The average molecular weight is 230 g/mol. The Morgan fingerprint density at radius 1 is 1.56 bits per heavy atom. The van der Waals surface area contributed by atoms with Gasteiger partial charge in [0, 0.05) is 25.1 Å². The van der Waals surface area contributed by atoms with E-state index in [1.807, 2.05) is 6.92 Å². The van der Waals surface area contributed by atoms with Crippen LogP contribution in [-0.4, -0.2) is 45.4 Å². The Kier molecular flexibility index (Phi) is 7.28. The van der Waals surface area contributed by atoms with Crippen molar-refractivity contribution in [3.05, 3.63) is 10.4 Å². The number of hydrogen-bond acceptors (Lipinski definition) is 5. The van der Waals surface area contributed by atoms with Crippen LogP contribution in [0.4, 0.5) is 0 Å². The van der Waals surface area contributed by atoms with Crippen LogP contribution in [0.25, 0.3) is 10.4 Å². The van der Waals surface area contributed by atoms with Crippen LogP contribution in [0, 0.1) is 0 Å². The molecule has 0 bridgehead atoms. The van der Waals surface area contributed by atoms with Crippen molar-refractivity contribution in [3.8, 4) is 0 Å². The molecule has 16 heavy (non-hydrogen) atoms. The van der Waals surface area contributed by atoms with E-state index in [9.17, 15) is 4.79 Å². The molecule has 0 aliphatic rings. The lowest BCUT2D eigenvalue weighted by molar-refractivity contribution is -0.151. The van der Waals surface area contributed by atoms with Crippen LogP contribution in [0.1, 0.15) is 13.3 Å². The van der Waals surface area contributed by atoms with Gasteiger partial charge in [-0.05, 0) is 12.0 Å². The minimum Gasteiger partial charge on any atom is -0.468 e. The summed E-state index contributed by atoms with van der Waals surface area (Å²) in [7, 11) is 2.85. The summed E-state index contributed by atoms with van der Waals surface area (Å²) < 4.78 is 9.74. The molecule has 0 fully saturated rings. The number of esters is 1. The normalized spacial score (nSPS) is 13.7. The Bertz CT molecular complexity index is 265. The van der Waals surface area contributed by atoms with Gasteiger partial charge in [-0.2, -0.15) is 0 Å². The maximum Gasteiger partial charge on any atom is 0.328 e. The molecule has 7 nitrogen and oxygen atoms in total. The smallest absolute Gasteiger partial charge is 0.328 e. The summed E-state index contributed by atoms with van der Waals surface area (Å²) in [5.74, 6) is -0.377. The van der Waals surface area contributed by atoms with E-state index < -0.39 is 5.54 Å². The van der Waals surface area contributed by atoms with Gasteiger partial charge in [-0.15, -0.1) is 0 Å². The number of hydrogen-bond donors (Lipinski definition) is 1. The van der Waals surface area contributed by atoms with E-state index in [4.69, 9.17) is 15.0 Å². The molecule has 7 heteroatoms. The molecule has 0 radical (unpaired) electrons. The maximum absolute atomic E-state index is 11.7. The summed E-state index contributed by atoms with van der Waals surface area (Å²) in [5.41, 5.74) is 7.26. The first kappa shape index (κ1) is 14.7.